The molecule has 112 valence electrons. The normalized spacial score (nSPS) is 10.5. The maximum Gasteiger partial charge on any atom is 0.317 e. The topological polar surface area (TPSA) is 52.6 Å². The van der Waals surface area contributed by atoms with E-state index in [0.29, 0.717) is 6.61 Å². The van der Waals surface area contributed by atoms with Gasteiger partial charge in [0.15, 0.2) is 0 Å². The Morgan fingerprint density at radius 3 is 2.05 bits per heavy atom. The summed E-state index contributed by atoms with van der Waals surface area (Å²) in [6.45, 7) is 6.59. The number of unbranched alkanes of at least 4 members (excludes halogenated alkanes) is 2. The lowest BCUT2D eigenvalue weighted by molar-refractivity contribution is -0.158. The van der Waals surface area contributed by atoms with E-state index in [2.05, 4.69) is 20.8 Å². The summed E-state index contributed by atoms with van der Waals surface area (Å²) < 4.78 is 10.3. The van der Waals surface area contributed by atoms with Crippen molar-refractivity contribution in [2.24, 2.45) is 0 Å². The van der Waals surface area contributed by atoms with E-state index in [9.17, 15) is 9.59 Å². The number of hydrogen-bond donors (Lipinski definition) is 0. The highest BCUT2D eigenvalue weighted by molar-refractivity contribution is 5.91. The Morgan fingerprint density at radius 1 is 0.895 bits per heavy atom. The van der Waals surface area contributed by atoms with Gasteiger partial charge in [-0.1, -0.05) is 46.5 Å². The van der Waals surface area contributed by atoms with E-state index in [1.54, 1.807) is 0 Å². The summed E-state index contributed by atoms with van der Waals surface area (Å²) in [6, 6.07) is 0. The van der Waals surface area contributed by atoms with Gasteiger partial charge in [0, 0.05) is 0 Å². The van der Waals surface area contributed by atoms with Gasteiger partial charge in [0.25, 0.3) is 0 Å². The Bertz CT molecular complexity index is 245. The van der Waals surface area contributed by atoms with Crippen LogP contribution in [-0.2, 0) is 19.1 Å². The summed E-state index contributed by atoms with van der Waals surface area (Å²) >= 11 is 0. The molecule has 0 saturated heterocycles. The predicted octanol–water partition coefficient (Wildman–Crippen LogP) is 3.62. The minimum atomic E-state index is -0.479. The molecule has 0 unspecified atom stereocenters. The molecule has 0 fully saturated rings. The first-order valence-corrected chi connectivity index (χ1v) is 7.49. The van der Waals surface area contributed by atoms with Crippen LogP contribution in [0.5, 0.6) is 0 Å². The number of ether oxygens (including phenoxy) is 2. The van der Waals surface area contributed by atoms with Gasteiger partial charge in [0.05, 0.1) is 6.61 Å². The Morgan fingerprint density at radius 2 is 1.53 bits per heavy atom. The van der Waals surface area contributed by atoms with Gasteiger partial charge >= 0.3 is 11.9 Å². The molecular weight excluding hydrogens is 244 g/mol. The molecule has 0 aliphatic rings. The van der Waals surface area contributed by atoms with Gasteiger partial charge in [-0.2, -0.15) is 0 Å². The van der Waals surface area contributed by atoms with Gasteiger partial charge in [0.2, 0.25) is 0 Å². The average Bonchev–Trinajstić information content (AvgIpc) is 2.35. The van der Waals surface area contributed by atoms with E-state index in [4.69, 9.17) is 9.47 Å². The molecule has 0 saturated carbocycles. The quantitative estimate of drug-likeness (QED) is 0.327. The summed E-state index contributed by atoms with van der Waals surface area (Å²) in [5.41, 5.74) is 0. The van der Waals surface area contributed by atoms with Crippen LogP contribution < -0.4 is 0 Å². The molecule has 0 amide bonds. The maximum atomic E-state index is 11.6. The number of carbonyl (C=O) groups excluding carboxylic acids is 2. The third-order valence-electron chi connectivity index (χ3n) is 2.82. The van der Waals surface area contributed by atoms with Crippen molar-refractivity contribution in [1.82, 2.24) is 0 Å². The van der Waals surface area contributed by atoms with Gasteiger partial charge in [-0.15, -0.1) is 0 Å². The molecule has 0 atom stereocenters. The second kappa shape index (κ2) is 12.0. The fraction of sp³-hybridized carbons (Fsp3) is 0.867. The molecular formula is C15H28O4. The van der Waals surface area contributed by atoms with Crippen molar-refractivity contribution in [3.05, 3.63) is 0 Å². The van der Waals surface area contributed by atoms with Crippen LogP contribution in [0, 0.1) is 0 Å². The molecule has 0 aliphatic heterocycles. The second-order valence-corrected chi connectivity index (χ2v) is 4.79. The summed E-state index contributed by atoms with van der Waals surface area (Å²) in [4.78, 5) is 23.0. The lowest BCUT2D eigenvalue weighted by Crippen LogP contribution is -2.21. The van der Waals surface area contributed by atoms with Crippen LogP contribution in [0.4, 0.5) is 0 Å². The fourth-order valence-electron chi connectivity index (χ4n) is 1.84. The monoisotopic (exact) mass is 272 g/mol. The number of carbonyl (C=O) groups is 2. The van der Waals surface area contributed by atoms with E-state index in [-0.39, 0.29) is 12.5 Å². The lowest BCUT2D eigenvalue weighted by atomic mass is 10.1. The van der Waals surface area contributed by atoms with Gasteiger partial charge in [-0.3, -0.25) is 9.59 Å². The Balaban J connectivity index is 3.84. The largest absolute Gasteiger partial charge is 0.465 e. The van der Waals surface area contributed by atoms with Gasteiger partial charge in [-0.25, -0.2) is 0 Å². The van der Waals surface area contributed by atoms with Crippen molar-refractivity contribution < 1.29 is 19.1 Å². The summed E-state index contributed by atoms with van der Waals surface area (Å²) in [5, 5.41) is 0. The average molecular weight is 272 g/mol. The van der Waals surface area contributed by atoms with Crippen molar-refractivity contribution in [2.45, 2.75) is 78.2 Å². The van der Waals surface area contributed by atoms with Crippen LogP contribution in [0.25, 0.3) is 0 Å². The third kappa shape index (κ3) is 10.5. The molecule has 19 heavy (non-hydrogen) atoms. The highest BCUT2D eigenvalue weighted by atomic mass is 16.6. The lowest BCUT2D eigenvalue weighted by Gasteiger charge is -2.16. The van der Waals surface area contributed by atoms with Crippen LogP contribution in [0.3, 0.4) is 0 Å². The van der Waals surface area contributed by atoms with Crippen molar-refractivity contribution in [2.75, 3.05) is 6.61 Å². The van der Waals surface area contributed by atoms with Crippen molar-refractivity contribution in [3.63, 3.8) is 0 Å². The number of esters is 2. The molecule has 0 aliphatic carbocycles. The SMILES string of the molecule is CCCCCOC(=O)CC(=O)OC(CCC)CCC. The minimum Gasteiger partial charge on any atom is -0.465 e. The van der Waals surface area contributed by atoms with Crippen LogP contribution >= 0.6 is 0 Å². The summed E-state index contributed by atoms with van der Waals surface area (Å²) in [5.74, 6) is -0.944. The molecule has 0 spiro atoms. The van der Waals surface area contributed by atoms with E-state index in [0.717, 1.165) is 44.9 Å². The zero-order valence-corrected chi connectivity index (χ0v) is 12.6. The van der Waals surface area contributed by atoms with Crippen LogP contribution in [0.2, 0.25) is 0 Å². The molecule has 0 rings (SSSR count). The van der Waals surface area contributed by atoms with Gasteiger partial charge in [-0.05, 0) is 19.3 Å². The highest BCUT2D eigenvalue weighted by Crippen LogP contribution is 2.10. The smallest absolute Gasteiger partial charge is 0.317 e. The first-order valence-electron chi connectivity index (χ1n) is 7.49. The molecule has 0 heterocycles. The van der Waals surface area contributed by atoms with Gasteiger partial charge in [0.1, 0.15) is 12.5 Å². The maximum absolute atomic E-state index is 11.6. The predicted molar refractivity (Wildman–Crippen MR) is 74.8 cm³/mol. The third-order valence-corrected chi connectivity index (χ3v) is 2.82. The van der Waals surface area contributed by atoms with E-state index < -0.39 is 11.9 Å². The molecule has 4 heteroatoms. The van der Waals surface area contributed by atoms with Crippen molar-refractivity contribution >= 4 is 11.9 Å². The van der Waals surface area contributed by atoms with Crippen molar-refractivity contribution in [3.8, 4) is 0 Å². The molecule has 0 radical (unpaired) electrons. The standard InChI is InChI=1S/C15H28O4/c1-4-7-8-11-18-14(16)12-15(17)19-13(9-5-2)10-6-3/h13H,4-12H2,1-3H3. The fourth-order valence-corrected chi connectivity index (χ4v) is 1.84. The van der Waals surface area contributed by atoms with E-state index >= 15 is 0 Å². The van der Waals surface area contributed by atoms with Crippen LogP contribution in [-0.4, -0.2) is 24.6 Å². The zero-order chi connectivity index (χ0) is 14.5. The minimum absolute atomic E-state index is 0.0598. The number of hydrogen-bond acceptors (Lipinski definition) is 4. The van der Waals surface area contributed by atoms with Crippen molar-refractivity contribution in [1.29, 1.82) is 0 Å². The second-order valence-electron chi connectivity index (χ2n) is 4.79. The van der Waals surface area contributed by atoms with E-state index in [1.165, 1.54) is 0 Å². The van der Waals surface area contributed by atoms with E-state index in [1.807, 2.05) is 0 Å². The highest BCUT2D eigenvalue weighted by Gasteiger charge is 2.16. The first-order chi connectivity index (χ1) is 9.13. The summed E-state index contributed by atoms with van der Waals surface area (Å²) in [7, 11) is 0. The zero-order valence-electron chi connectivity index (χ0n) is 12.6. The summed E-state index contributed by atoms with van der Waals surface area (Å²) in [6.07, 6.45) is 6.29. The van der Waals surface area contributed by atoms with Crippen LogP contribution in [0.1, 0.15) is 72.1 Å². The Hall–Kier alpha value is -1.06. The Labute approximate surface area is 116 Å². The van der Waals surface area contributed by atoms with Gasteiger partial charge < -0.3 is 9.47 Å². The molecule has 0 aromatic carbocycles. The molecule has 0 aromatic heterocycles. The Kier molecular flexibility index (Phi) is 11.3. The van der Waals surface area contributed by atoms with Crippen LogP contribution in [0.15, 0.2) is 0 Å². The number of rotatable bonds is 11. The molecule has 0 bridgehead atoms. The first kappa shape index (κ1) is 17.9. The molecule has 0 N–H and O–H groups in total. The molecule has 0 aromatic rings. The molecule has 4 nitrogen and oxygen atoms in total.